The molecule has 3 heteroatoms. The predicted molar refractivity (Wildman–Crippen MR) is 71.6 cm³/mol. The topological polar surface area (TPSA) is 20.3 Å². The summed E-state index contributed by atoms with van der Waals surface area (Å²) in [5.74, 6) is 0.488. The Morgan fingerprint density at radius 2 is 2.22 bits per heavy atom. The van der Waals surface area contributed by atoms with Crippen LogP contribution >= 0.6 is 0 Å². The van der Waals surface area contributed by atoms with Gasteiger partial charge in [-0.2, -0.15) is 0 Å². The van der Waals surface area contributed by atoms with E-state index in [1.807, 2.05) is 0 Å². The summed E-state index contributed by atoms with van der Waals surface area (Å²) in [5, 5.41) is 0. The number of benzene rings is 1. The lowest BCUT2D eigenvalue weighted by atomic mass is 9.98. The molecule has 18 heavy (non-hydrogen) atoms. The van der Waals surface area contributed by atoms with Crippen molar-refractivity contribution < 1.29 is 9.18 Å². The molecule has 1 unspecified atom stereocenters. The Balaban J connectivity index is 2.13. The van der Waals surface area contributed by atoms with Gasteiger partial charge in [0.1, 0.15) is 12.1 Å². The largest absolute Gasteiger partial charge is 0.369 e. The summed E-state index contributed by atoms with van der Waals surface area (Å²) in [7, 11) is 0. The zero-order chi connectivity index (χ0) is 13.0. The van der Waals surface area contributed by atoms with Gasteiger partial charge < -0.3 is 4.90 Å². The van der Waals surface area contributed by atoms with E-state index in [-0.39, 0.29) is 5.82 Å². The molecule has 1 heterocycles. The maximum Gasteiger partial charge on any atom is 0.150 e. The third-order valence-corrected chi connectivity index (χ3v) is 3.87. The van der Waals surface area contributed by atoms with Gasteiger partial charge in [0.25, 0.3) is 0 Å². The molecule has 0 amide bonds. The predicted octanol–water partition coefficient (Wildman–Crippen LogP) is 3.65. The maximum absolute atomic E-state index is 13.9. The Morgan fingerprint density at radius 3 is 2.89 bits per heavy atom. The van der Waals surface area contributed by atoms with E-state index in [2.05, 4.69) is 11.8 Å². The molecule has 0 spiro atoms. The minimum Gasteiger partial charge on any atom is -0.369 e. The summed E-state index contributed by atoms with van der Waals surface area (Å²) in [4.78, 5) is 12.7. The van der Waals surface area contributed by atoms with Gasteiger partial charge in [-0.1, -0.05) is 13.3 Å². The number of halogens is 1. The van der Waals surface area contributed by atoms with Gasteiger partial charge in [0.05, 0.1) is 5.69 Å². The van der Waals surface area contributed by atoms with Crippen molar-refractivity contribution in [3.63, 3.8) is 0 Å². The van der Waals surface area contributed by atoms with Gasteiger partial charge in [-0.3, -0.25) is 4.79 Å². The van der Waals surface area contributed by atoms with E-state index >= 15 is 0 Å². The summed E-state index contributed by atoms with van der Waals surface area (Å²) in [5.41, 5.74) is 1.04. The van der Waals surface area contributed by atoms with E-state index in [1.165, 1.54) is 18.9 Å². The number of hydrogen-bond acceptors (Lipinski definition) is 2. The Labute approximate surface area is 108 Å². The van der Waals surface area contributed by atoms with Crippen LogP contribution in [-0.4, -0.2) is 19.4 Å². The van der Waals surface area contributed by atoms with Crippen molar-refractivity contribution in [2.75, 3.05) is 18.0 Å². The van der Waals surface area contributed by atoms with Crippen molar-refractivity contribution in [2.24, 2.45) is 5.92 Å². The maximum atomic E-state index is 13.9. The Hall–Kier alpha value is -1.38. The molecule has 1 saturated heterocycles. The lowest BCUT2D eigenvalue weighted by Gasteiger charge is -2.23. The van der Waals surface area contributed by atoms with Crippen molar-refractivity contribution in [1.29, 1.82) is 0 Å². The van der Waals surface area contributed by atoms with Gasteiger partial charge in [0, 0.05) is 18.7 Å². The second kappa shape index (κ2) is 5.98. The van der Waals surface area contributed by atoms with Crippen molar-refractivity contribution in [1.82, 2.24) is 0 Å². The van der Waals surface area contributed by atoms with Crippen LogP contribution in [0, 0.1) is 11.7 Å². The monoisotopic (exact) mass is 249 g/mol. The molecule has 98 valence electrons. The van der Waals surface area contributed by atoms with Crippen LogP contribution in [0.25, 0.3) is 0 Å². The second-order valence-corrected chi connectivity index (χ2v) is 5.02. The average molecular weight is 249 g/mol. The molecule has 2 rings (SSSR count). The third kappa shape index (κ3) is 2.89. The lowest BCUT2D eigenvalue weighted by Crippen LogP contribution is -2.25. The molecule has 1 aromatic carbocycles. The molecule has 0 radical (unpaired) electrons. The molecule has 0 aliphatic carbocycles. The van der Waals surface area contributed by atoms with Crippen LogP contribution in [0.15, 0.2) is 18.2 Å². The van der Waals surface area contributed by atoms with Gasteiger partial charge in [-0.25, -0.2) is 4.39 Å². The van der Waals surface area contributed by atoms with Crippen LogP contribution in [0.5, 0.6) is 0 Å². The molecule has 1 aliphatic heterocycles. The van der Waals surface area contributed by atoms with E-state index in [9.17, 15) is 9.18 Å². The van der Waals surface area contributed by atoms with Crippen molar-refractivity contribution in [3.05, 3.63) is 29.6 Å². The molecule has 0 N–H and O–H groups in total. The summed E-state index contributed by atoms with van der Waals surface area (Å²) < 4.78 is 13.9. The Bertz CT molecular complexity index is 419. The van der Waals surface area contributed by atoms with Crippen LogP contribution in [0.3, 0.4) is 0 Å². The number of carbonyl (C=O) groups excluding carboxylic acids is 1. The SMILES string of the molecule is CCC1CCCN(c2ccc(C=O)cc2F)CC1. The van der Waals surface area contributed by atoms with Gasteiger partial charge in [0.2, 0.25) is 0 Å². The van der Waals surface area contributed by atoms with E-state index in [4.69, 9.17) is 0 Å². The first-order chi connectivity index (χ1) is 8.74. The second-order valence-electron chi connectivity index (χ2n) is 5.02. The molecule has 1 aliphatic rings. The van der Waals surface area contributed by atoms with Crippen LogP contribution in [0.2, 0.25) is 0 Å². The van der Waals surface area contributed by atoms with E-state index in [1.54, 1.807) is 12.1 Å². The standard InChI is InChI=1S/C15H20FNO/c1-2-12-4-3-8-17(9-7-12)15-6-5-13(11-18)10-14(15)16/h5-6,10-12H,2-4,7-9H2,1H3. The number of nitrogens with zero attached hydrogens (tertiary/aromatic N) is 1. The van der Waals surface area contributed by atoms with Crippen molar-refractivity contribution in [2.45, 2.75) is 32.6 Å². The Morgan fingerprint density at radius 1 is 1.39 bits per heavy atom. The molecule has 1 atom stereocenters. The fourth-order valence-electron chi connectivity index (χ4n) is 2.67. The van der Waals surface area contributed by atoms with E-state index in [0.717, 1.165) is 31.8 Å². The van der Waals surface area contributed by atoms with Gasteiger partial charge in [0.15, 0.2) is 0 Å². The number of anilines is 1. The summed E-state index contributed by atoms with van der Waals surface area (Å²) in [6, 6.07) is 4.74. The first-order valence-electron chi connectivity index (χ1n) is 6.74. The number of aldehydes is 1. The fourth-order valence-corrected chi connectivity index (χ4v) is 2.67. The van der Waals surface area contributed by atoms with E-state index in [0.29, 0.717) is 17.5 Å². The highest BCUT2D eigenvalue weighted by Crippen LogP contribution is 2.26. The van der Waals surface area contributed by atoms with Gasteiger partial charge >= 0.3 is 0 Å². The zero-order valence-electron chi connectivity index (χ0n) is 10.9. The summed E-state index contributed by atoms with van der Waals surface area (Å²) >= 11 is 0. The van der Waals surface area contributed by atoms with Crippen LogP contribution < -0.4 is 4.90 Å². The first kappa shape index (κ1) is 13.1. The Kier molecular flexibility index (Phi) is 4.34. The van der Waals surface area contributed by atoms with Crippen LogP contribution in [0.1, 0.15) is 43.0 Å². The quantitative estimate of drug-likeness (QED) is 0.762. The van der Waals surface area contributed by atoms with Crippen molar-refractivity contribution in [3.8, 4) is 0 Å². The summed E-state index contributed by atoms with van der Waals surface area (Å²) in [6.45, 7) is 4.05. The molecule has 2 nitrogen and oxygen atoms in total. The van der Waals surface area contributed by atoms with Gasteiger partial charge in [-0.15, -0.1) is 0 Å². The molecule has 0 aromatic heterocycles. The van der Waals surface area contributed by atoms with E-state index < -0.39 is 0 Å². The number of hydrogen-bond donors (Lipinski definition) is 0. The van der Waals surface area contributed by atoms with Crippen molar-refractivity contribution >= 4 is 12.0 Å². The highest BCUT2D eigenvalue weighted by molar-refractivity contribution is 5.76. The number of carbonyl (C=O) groups is 1. The molecule has 1 fully saturated rings. The number of rotatable bonds is 3. The first-order valence-corrected chi connectivity index (χ1v) is 6.74. The summed E-state index contributed by atoms with van der Waals surface area (Å²) in [6.07, 6.45) is 5.38. The fraction of sp³-hybridized carbons (Fsp3) is 0.533. The molecular formula is C15H20FNO. The normalized spacial score (nSPS) is 20.6. The van der Waals surface area contributed by atoms with Gasteiger partial charge in [-0.05, 0) is 43.4 Å². The minimum atomic E-state index is -0.283. The highest BCUT2D eigenvalue weighted by atomic mass is 19.1. The molecule has 0 bridgehead atoms. The minimum absolute atomic E-state index is 0.283. The van der Waals surface area contributed by atoms with Crippen LogP contribution in [-0.2, 0) is 0 Å². The molecule has 1 aromatic rings. The highest BCUT2D eigenvalue weighted by Gasteiger charge is 2.18. The lowest BCUT2D eigenvalue weighted by molar-refractivity contribution is 0.112. The molecule has 0 saturated carbocycles. The smallest absolute Gasteiger partial charge is 0.150 e. The average Bonchev–Trinajstić information content (AvgIpc) is 2.63. The molecular weight excluding hydrogens is 229 g/mol. The van der Waals surface area contributed by atoms with Crippen LogP contribution in [0.4, 0.5) is 10.1 Å². The zero-order valence-corrected chi connectivity index (χ0v) is 10.9. The third-order valence-electron chi connectivity index (χ3n) is 3.87.